The van der Waals surface area contributed by atoms with E-state index >= 15 is 0 Å². The number of nitrogens with zero attached hydrogens (tertiary/aromatic N) is 1. The molecule has 4 nitrogen and oxygen atoms in total. The number of ether oxygens (including phenoxy) is 1. The summed E-state index contributed by atoms with van der Waals surface area (Å²) in [6, 6.07) is 18.2. The van der Waals surface area contributed by atoms with Gasteiger partial charge in [-0.15, -0.1) is 0 Å². The fraction of sp³-hybridized carbons (Fsp3) is 0.350. The van der Waals surface area contributed by atoms with E-state index in [1.165, 1.54) is 5.56 Å². The molecule has 1 atom stereocenters. The summed E-state index contributed by atoms with van der Waals surface area (Å²) < 4.78 is 5.83. The van der Waals surface area contributed by atoms with Crippen LogP contribution in [0.2, 0.25) is 0 Å². The summed E-state index contributed by atoms with van der Waals surface area (Å²) in [7, 11) is 0. The van der Waals surface area contributed by atoms with Crippen molar-refractivity contribution in [3.8, 4) is 5.75 Å². The maximum Gasteiger partial charge on any atom is 0.260 e. The number of carbonyl (C=O) groups is 1. The number of amides is 1. The molecule has 0 spiro atoms. The highest BCUT2D eigenvalue weighted by Crippen LogP contribution is 2.22. The minimum Gasteiger partial charge on any atom is -0.483 e. The van der Waals surface area contributed by atoms with Gasteiger partial charge in [-0.25, -0.2) is 0 Å². The van der Waals surface area contributed by atoms with E-state index in [0.29, 0.717) is 12.5 Å². The maximum absolute atomic E-state index is 12.3. The molecule has 0 aromatic heterocycles. The van der Waals surface area contributed by atoms with Crippen molar-refractivity contribution in [1.82, 2.24) is 4.90 Å². The summed E-state index contributed by atoms with van der Waals surface area (Å²) in [5.41, 5.74) is 8.01. The Hall–Kier alpha value is -2.33. The van der Waals surface area contributed by atoms with Gasteiger partial charge in [0, 0.05) is 19.5 Å². The second-order valence-corrected chi connectivity index (χ2v) is 6.29. The van der Waals surface area contributed by atoms with Crippen molar-refractivity contribution in [3.63, 3.8) is 0 Å². The number of carbonyl (C=O) groups excluding carboxylic acids is 1. The summed E-state index contributed by atoms with van der Waals surface area (Å²) >= 11 is 0. The summed E-state index contributed by atoms with van der Waals surface area (Å²) in [6.45, 7) is 2.27. The second-order valence-electron chi connectivity index (χ2n) is 6.29. The van der Waals surface area contributed by atoms with E-state index in [-0.39, 0.29) is 12.5 Å². The zero-order valence-electron chi connectivity index (χ0n) is 13.9. The van der Waals surface area contributed by atoms with Crippen LogP contribution in [0.1, 0.15) is 17.5 Å². The van der Waals surface area contributed by atoms with Gasteiger partial charge in [-0.3, -0.25) is 4.79 Å². The third-order valence-corrected chi connectivity index (χ3v) is 4.53. The maximum atomic E-state index is 12.3. The number of likely N-dealkylation sites (tertiary alicyclic amines) is 1. The molecule has 24 heavy (non-hydrogen) atoms. The van der Waals surface area contributed by atoms with Crippen molar-refractivity contribution in [1.29, 1.82) is 0 Å². The zero-order valence-corrected chi connectivity index (χ0v) is 13.9. The van der Waals surface area contributed by atoms with Gasteiger partial charge in [-0.1, -0.05) is 48.5 Å². The van der Waals surface area contributed by atoms with Crippen molar-refractivity contribution in [2.24, 2.45) is 11.7 Å². The summed E-state index contributed by atoms with van der Waals surface area (Å²) in [6.07, 6.45) is 1.79. The lowest BCUT2D eigenvalue weighted by atomic mass is 10.0. The van der Waals surface area contributed by atoms with Crippen LogP contribution >= 0.6 is 0 Å². The van der Waals surface area contributed by atoms with E-state index in [1.54, 1.807) is 0 Å². The first-order valence-corrected chi connectivity index (χ1v) is 8.48. The predicted molar refractivity (Wildman–Crippen MR) is 94.9 cm³/mol. The van der Waals surface area contributed by atoms with E-state index in [4.69, 9.17) is 10.5 Å². The fourth-order valence-electron chi connectivity index (χ4n) is 3.09. The normalized spacial score (nSPS) is 17.0. The molecular weight excluding hydrogens is 300 g/mol. The molecule has 3 rings (SSSR count). The number of hydrogen-bond donors (Lipinski definition) is 1. The van der Waals surface area contributed by atoms with E-state index in [9.17, 15) is 4.79 Å². The van der Waals surface area contributed by atoms with E-state index in [0.717, 1.165) is 37.2 Å². The number of hydrogen-bond acceptors (Lipinski definition) is 3. The lowest BCUT2D eigenvalue weighted by Gasteiger charge is -2.17. The fourth-order valence-corrected chi connectivity index (χ4v) is 3.09. The molecule has 1 aliphatic heterocycles. The van der Waals surface area contributed by atoms with Crippen LogP contribution in [0.25, 0.3) is 0 Å². The highest BCUT2D eigenvalue weighted by atomic mass is 16.5. The molecule has 1 aliphatic rings. The van der Waals surface area contributed by atoms with Crippen LogP contribution < -0.4 is 10.5 Å². The number of para-hydroxylation sites is 1. The van der Waals surface area contributed by atoms with Gasteiger partial charge in [0.1, 0.15) is 5.75 Å². The van der Waals surface area contributed by atoms with E-state index in [2.05, 4.69) is 12.1 Å². The van der Waals surface area contributed by atoms with Gasteiger partial charge in [0.15, 0.2) is 6.61 Å². The van der Waals surface area contributed by atoms with E-state index < -0.39 is 0 Å². The first kappa shape index (κ1) is 16.5. The van der Waals surface area contributed by atoms with Gasteiger partial charge < -0.3 is 15.4 Å². The molecule has 126 valence electrons. The molecule has 1 fully saturated rings. The van der Waals surface area contributed by atoms with Crippen molar-refractivity contribution < 1.29 is 9.53 Å². The molecule has 1 saturated heterocycles. The Kier molecular flexibility index (Phi) is 5.49. The number of rotatable bonds is 6. The van der Waals surface area contributed by atoms with Gasteiger partial charge >= 0.3 is 0 Å². The largest absolute Gasteiger partial charge is 0.483 e. The quantitative estimate of drug-likeness (QED) is 0.888. The van der Waals surface area contributed by atoms with Gasteiger partial charge in [0.05, 0.1) is 0 Å². The highest BCUT2D eigenvalue weighted by molar-refractivity contribution is 5.78. The number of nitrogens with two attached hydrogens (primary N) is 1. The average Bonchev–Trinajstić information content (AvgIpc) is 3.11. The molecule has 1 amide bonds. The van der Waals surface area contributed by atoms with Crippen LogP contribution in [-0.2, 0) is 11.2 Å². The molecule has 1 unspecified atom stereocenters. The van der Waals surface area contributed by atoms with E-state index in [1.807, 2.05) is 47.4 Å². The lowest BCUT2D eigenvalue weighted by Crippen LogP contribution is -2.33. The van der Waals surface area contributed by atoms with Crippen molar-refractivity contribution in [2.45, 2.75) is 12.8 Å². The Morgan fingerprint density at radius 1 is 1.12 bits per heavy atom. The average molecular weight is 324 g/mol. The topological polar surface area (TPSA) is 55.6 Å². The summed E-state index contributed by atoms with van der Waals surface area (Å²) in [5, 5.41) is 0. The van der Waals surface area contributed by atoms with Crippen LogP contribution in [0.3, 0.4) is 0 Å². The molecule has 1 heterocycles. The van der Waals surface area contributed by atoms with Gasteiger partial charge in [0.25, 0.3) is 5.91 Å². The van der Waals surface area contributed by atoms with Crippen molar-refractivity contribution in [3.05, 3.63) is 65.7 Å². The first-order valence-electron chi connectivity index (χ1n) is 8.48. The molecule has 2 aromatic rings. The predicted octanol–water partition coefficient (Wildman–Crippen LogP) is 2.46. The summed E-state index contributed by atoms with van der Waals surface area (Å²) in [4.78, 5) is 14.2. The number of benzene rings is 2. The van der Waals surface area contributed by atoms with Crippen LogP contribution in [0.4, 0.5) is 0 Å². The SMILES string of the molecule is NCC1CCN(C(=O)COc2ccccc2Cc2ccccc2)C1. The smallest absolute Gasteiger partial charge is 0.260 e. The Morgan fingerprint density at radius 3 is 2.62 bits per heavy atom. The van der Waals surface area contributed by atoms with Crippen LogP contribution in [0.5, 0.6) is 5.75 Å². The summed E-state index contributed by atoms with van der Waals surface area (Å²) in [5.74, 6) is 1.25. The minimum absolute atomic E-state index is 0.0421. The van der Waals surface area contributed by atoms with Crippen LogP contribution in [0, 0.1) is 5.92 Å². The molecule has 2 N–H and O–H groups in total. The lowest BCUT2D eigenvalue weighted by molar-refractivity contribution is -0.132. The van der Waals surface area contributed by atoms with Crippen molar-refractivity contribution in [2.75, 3.05) is 26.2 Å². The second kappa shape index (κ2) is 7.97. The van der Waals surface area contributed by atoms with Crippen LogP contribution in [-0.4, -0.2) is 37.0 Å². The zero-order chi connectivity index (χ0) is 16.8. The Labute approximate surface area is 143 Å². The Morgan fingerprint density at radius 2 is 1.88 bits per heavy atom. The standard InChI is InChI=1S/C20H24N2O2/c21-13-17-10-11-22(14-17)20(23)15-24-19-9-5-4-8-18(19)12-16-6-2-1-3-7-16/h1-9,17H,10-15,21H2. The Bertz CT molecular complexity index is 672. The first-order chi connectivity index (χ1) is 11.8. The molecule has 0 radical (unpaired) electrons. The van der Waals surface area contributed by atoms with Crippen LogP contribution in [0.15, 0.2) is 54.6 Å². The molecular formula is C20H24N2O2. The van der Waals surface area contributed by atoms with Gasteiger partial charge in [-0.05, 0) is 36.1 Å². The highest BCUT2D eigenvalue weighted by Gasteiger charge is 2.25. The molecule has 0 bridgehead atoms. The minimum atomic E-state index is 0.0421. The molecule has 0 aliphatic carbocycles. The van der Waals surface area contributed by atoms with Crippen molar-refractivity contribution >= 4 is 5.91 Å². The monoisotopic (exact) mass is 324 g/mol. The third-order valence-electron chi connectivity index (χ3n) is 4.53. The Balaban J connectivity index is 1.60. The molecule has 2 aromatic carbocycles. The third kappa shape index (κ3) is 4.15. The molecule has 0 saturated carbocycles. The van der Waals surface area contributed by atoms with Gasteiger partial charge in [0.2, 0.25) is 0 Å². The molecule has 4 heteroatoms. The van der Waals surface area contributed by atoms with Gasteiger partial charge in [-0.2, -0.15) is 0 Å².